The van der Waals surface area contributed by atoms with E-state index in [1.807, 2.05) is 0 Å². The smallest absolute Gasteiger partial charge is 0.337 e. The van der Waals surface area contributed by atoms with Crippen LogP contribution in [0.25, 0.3) is 0 Å². The maximum Gasteiger partial charge on any atom is 0.337 e. The molecular weight excluding hydrogens is 360 g/mol. The normalized spacial score (nSPS) is 19.1. The minimum atomic E-state index is -2.93. The monoisotopic (exact) mass is 370 g/mol. The second-order valence-electron chi connectivity index (χ2n) is 4.60. The second kappa shape index (κ2) is 6.56. The highest BCUT2D eigenvalue weighted by Gasteiger charge is 2.43. The van der Waals surface area contributed by atoms with E-state index in [0.29, 0.717) is 0 Å². The van der Waals surface area contributed by atoms with Gasteiger partial charge in [0.05, 0.1) is 22.7 Å². The van der Waals surface area contributed by atoms with Gasteiger partial charge in [-0.1, -0.05) is 28.4 Å². The largest absolute Gasteiger partial charge is 0.478 e. The minimum Gasteiger partial charge on any atom is -0.478 e. The molecule has 0 bridgehead atoms. The molecule has 0 aliphatic carbocycles. The summed E-state index contributed by atoms with van der Waals surface area (Å²) in [4.78, 5) is 16.1. The molecule has 1 aliphatic heterocycles. The molecule has 0 aromatic heterocycles. The summed E-state index contributed by atoms with van der Waals surface area (Å²) in [6.45, 7) is 0. The van der Waals surface area contributed by atoms with Crippen LogP contribution in [0.15, 0.2) is 22.9 Å². The summed E-state index contributed by atoms with van der Waals surface area (Å²) in [5, 5.41) is 10.2. The van der Waals surface area contributed by atoms with Crippen LogP contribution in [-0.4, -0.2) is 41.8 Å². The Kier molecular flexibility index (Phi) is 5.10. The van der Waals surface area contributed by atoms with Crippen molar-refractivity contribution in [1.82, 2.24) is 10.2 Å². The van der Waals surface area contributed by atoms with Crippen molar-refractivity contribution >= 4 is 29.2 Å². The number of hydrogen-bond acceptors (Lipinski definition) is 4. The number of allylic oxidation sites excluding steroid dienone is 1. The van der Waals surface area contributed by atoms with Crippen molar-refractivity contribution in [2.24, 2.45) is 0 Å². The average molecular weight is 371 g/mol. The van der Waals surface area contributed by atoms with Gasteiger partial charge in [0.2, 0.25) is 0 Å². The van der Waals surface area contributed by atoms with E-state index in [9.17, 15) is 18.0 Å². The number of hydrogen-bond donors (Lipinski definition) is 1. The Balaban J connectivity index is 2.64. The zero-order valence-electron chi connectivity index (χ0n) is 11.9. The van der Waals surface area contributed by atoms with Crippen LogP contribution >= 0.6 is 23.2 Å². The van der Waals surface area contributed by atoms with E-state index in [-0.39, 0.29) is 21.2 Å². The first-order chi connectivity index (χ1) is 10.7. The SMILES string of the molecule is CON1C(c2cc(C(=O)O)c(Cl)cc2F)C(Cl)=C(C(F)F)N1C. The van der Waals surface area contributed by atoms with Gasteiger partial charge in [0.25, 0.3) is 6.43 Å². The molecule has 126 valence electrons. The van der Waals surface area contributed by atoms with E-state index < -0.39 is 30.0 Å². The van der Waals surface area contributed by atoms with Gasteiger partial charge in [0.1, 0.15) is 17.6 Å². The van der Waals surface area contributed by atoms with Gasteiger partial charge >= 0.3 is 5.97 Å². The summed E-state index contributed by atoms with van der Waals surface area (Å²) >= 11 is 11.7. The van der Waals surface area contributed by atoms with Crippen LogP contribution in [0.3, 0.4) is 0 Å². The van der Waals surface area contributed by atoms with Crippen LogP contribution in [0.5, 0.6) is 0 Å². The lowest BCUT2D eigenvalue weighted by Gasteiger charge is -2.30. The molecule has 23 heavy (non-hydrogen) atoms. The molecule has 10 heteroatoms. The Labute approximate surface area is 139 Å². The number of rotatable bonds is 4. The lowest BCUT2D eigenvalue weighted by atomic mass is 10.0. The molecule has 1 aromatic rings. The zero-order chi connectivity index (χ0) is 17.5. The van der Waals surface area contributed by atoms with Gasteiger partial charge in [0.15, 0.2) is 0 Å². The Hall–Kier alpha value is -1.48. The van der Waals surface area contributed by atoms with Gasteiger partial charge < -0.3 is 5.11 Å². The molecule has 0 fully saturated rings. The van der Waals surface area contributed by atoms with Gasteiger partial charge in [-0.3, -0.25) is 9.85 Å². The van der Waals surface area contributed by atoms with E-state index in [1.54, 1.807) is 0 Å². The molecule has 2 rings (SSSR count). The highest BCUT2D eigenvalue weighted by Crippen LogP contribution is 2.44. The van der Waals surface area contributed by atoms with Crippen molar-refractivity contribution in [3.05, 3.63) is 44.8 Å². The van der Waals surface area contributed by atoms with Crippen molar-refractivity contribution in [3.63, 3.8) is 0 Å². The lowest BCUT2D eigenvalue weighted by molar-refractivity contribution is -0.256. The van der Waals surface area contributed by atoms with Gasteiger partial charge in [-0.15, -0.1) is 0 Å². The van der Waals surface area contributed by atoms with Crippen LogP contribution < -0.4 is 0 Å². The number of alkyl halides is 2. The Morgan fingerprint density at radius 3 is 2.48 bits per heavy atom. The number of carboxylic acid groups (broad SMARTS) is 1. The predicted molar refractivity (Wildman–Crippen MR) is 76.6 cm³/mol. The fourth-order valence-corrected chi connectivity index (χ4v) is 2.98. The number of nitrogens with zero attached hydrogens (tertiary/aromatic N) is 2. The molecule has 0 spiro atoms. The van der Waals surface area contributed by atoms with E-state index in [2.05, 4.69) is 0 Å². The number of halogens is 5. The first-order valence-electron chi connectivity index (χ1n) is 6.17. The van der Waals surface area contributed by atoms with Gasteiger partial charge in [0, 0.05) is 12.6 Å². The van der Waals surface area contributed by atoms with Crippen LogP contribution in [0, 0.1) is 5.82 Å². The van der Waals surface area contributed by atoms with Crippen LogP contribution in [0.4, 0.5) is 13.2 Å². The molecular formula is C13H11Cl2F3N2O3. The molecule has 0 saturated heterocycles. The van der Waals surface area contributed by atoms with Gasteiger partial charge in [-0.2, -0.15) is 0 Å². The number of hydrazine groups is 1. The van der Waals surface area contributed by atoms with E-state index in [1.165, 1.54) is 14.2 Å². The zero-order valence-corrected chi connectivity index (χ0v) is 13.4. The quantitative estimate of drug-likeness (QED) is 0.876. The maximum absolute atomic E-state index is 14.2. The van der Waals surface area contributed by atoms with Crippen molar-refractivity contribution in [3.8, 4) is 0 Å². The number of carboxylic acids is 1. The highest BCUT2D eigenvalue weighted by molar-refractivity contribution is 6.33. The molecule has 1 aliphatic rings. The third-order valence-corrected chi connectivity index (χ3v) is 4.07. The molecule has 1 unspecified atom stereocenters. The molecule has 0 amide bonds. The van der Waals surface area contributed by atoms with Crippen LogP contribution in [0.2, 0.25) is 5.02 Å². The molecule has 0 saturated carbocycles. The van der Waals surface area contributed by atoms with Crippen LogP contribution in [0.1, 0.15) is 22.0 Å². The fraction of sp³-hybridized carbons (Fsp3) is 0.308. The summed E-state index contributed by atoms with van der Waals surface area (Å²) < 4.78 is 40.5. The number of hydroxylamine groups is 1. The molecule has 1 heterocycles. The van der Waals surface area contributed by atoms with E-state index >= 15 is 0 Å². The Bertz CT molecular complexity index is 685. The van der Waals surface area contributed by atoms with Crippen molar-refractivity contribution in [2.75, 3.05) is 14.2 Å². The molecule has 1 atom stereocenters. The van der Waals surface area contributed by atoms with Crippen molar-refractivity contribution in [2.45, 2.75) is 12.5 Å². The van der Waals surface area contributed by atoms with E-state index in [4.69, 9.17) is 33.1 Å². The first-order valence-corrected chi connectivity index (χ1v) is 6.93. The molecule has 1 aromatic carbocycles. The summed E-state index contributed by atoms with van der Waals surface area (Å²) in [7, 11) is 2.45. The lowest BCUT2D eigenvalue weighted by Crippen LogP contribution is -2.36. The fourth-order valence-electron chi connectivity index (χ4n) is 2.34. The van der Waals surface area contributed by atoms with Crippen LogP contribution in [-0.2, 0) is 4.84 Å². The summed E-state index contributed by atoms with van der Waals surface area (Å²) in [5.74, 6) is -2.28. The minimum absolute atomic E-state index is 0.249. The highest BCUT2D eigenvalue weighted by atomic mass is 35.5. The third kappa shape index (κ3) is 2.99. The topological polar surface area (TPSA) is 53.0 Å². The third-order valence-electron chi connectivity index (χ3n) is 3.36. The molecule has 1 N–H and O–H groups in total. The van der Waals surface area contributed by atoms with Gasteiger partial charge in [-0.05, 0) is 12.1 Å². The maximum atomic E-state index is 14.2. The Morgan fingerprint density at radius 2 is 2.00 bits per heavy atom. The summed E-state index contributed by atoms with van der Waals surface area (Å²) in [6, 6.07) is 0.478. The number of aromatic carboxylic acids is 1. The van der Waals surface area contributed by atoms with Crippen molar-refractivity contribution < 1.29 is 27.9 Å². The summed E-state index contributed by atoms with van der Waals surface area (Å²) in [5.41, 5.74) is -1.19. The average Bonchev–Trinajstić information content (AvgIpc) is 2.69. The van der Waals surface area contributed by atoms with E-state index in [0.717, 1.165) is 22.3 Å². The number of benzene rings is 1. The summed E-state index contributed by atoms with van der Waals surface area (Å²) in [6.07, 6.45) is -2.93. The molecule has 5 nitrogen and oxygen atoms in total. The predicted octanol–water partition coefficient (Wildman–Crippen LogP) is 3.66. The van der Waals surface area contributed by atoms with Crippen molar-refractivity contribution in [1.29, 1.82) is 0 Å². The first kappa shape index (κ1) is 17.9. The van der Waals surface area contributed by atoms with Gasteiger partial charge in [-0.25, -0.2) is 18.0 Å². The number of carbonyl (C=O) groups is 1. The molecule has 0 radical (unpaired) electrons. The second-order valence-corrected chi connectivity index (χ2v) is 5.42. The standard InChI is InChI=1S/C13H11Cl2F3N2O3/c1-19-11(12(17)18)9(15)10(20(19)23-2)6-3-5(13(21)22)7(14)4-8(6)16/h3-4,10,12H,1-2H3,(H,21,22). The Morgan fingerprint density at radius 1 is 1.39 bits per heavy atom.